The van der Waals surface area contributed by atoms with Crippen LogP contribution in [0.1, 0.15) is 18.1 Å². The van der Waals surface area contributed by atoms with Gasteiger partial charge in [0, 0.05) is 19.6 Å². The first kappa shape index (κ1) is 17.2. The van der Waals surface area contributed by atoms with Crippen LogP contribution < -0.4 is 5.32 Å². The number of aliphatic hydroxyl groups excluding tert-OH is 1. The highest BCUT2D eigenvalue weighted by molar-refractivity contribution is 5.85. The summed E-state index contributed by atoms with van der Waals surface area (Å²) in [5.41, 5.74) is 4.07. The van der Waals surface area contributed by atoms with Gasteiger partial charge in [-0.25, -0.2) is 4.98 Å². The maximum atomic E-state index is 9.52. The Kier molecular flexibility index (Phi) is 5.17. The maximum Gasteiger partial charge on any atom is 0.157 e. The van der Waals surface area contributed by atoms with Gasteiger partial charge < -0.3 is 10.4 Å². The third-order valence-corrected chi connectivity index (χ3v) is 4.48. The van der Waals surface area contributed by atoms with E-state index in [4.69, 9.17) is 5.11 Å². The summed E-state index contributed by atoms with van der Waals surface area (Å²) in [7, 11) is 0. The molecule has 0 atom stereocenters. The lowest BCUT2D eigenvalue weighted by molar-refractivity contribution is 0.206. The summed E-state index contributed by atoms with van der Waals surface area (Å²) in [6.07, 6.45) is 0. The fourth-order valence-electron chi connectivity index (χ4n) is 3.14. The molecule has 3 rings (SSSR count). The topological polar surface area (TPSA) is 76.6 Å². The van der Waals surface area contributed by atoms with Gasteiger partial charge >= 0.3 is 0 Å². The van der Waals surface area contributed by atoms with Gasteiger partial charge in [0.05, 0.1) is 23.2 Å². The first-order valence-electron chi connectivity index (χ1n) is 8.57. The Morgan fingerprint density at radius 2 is 2.12 bits per heavy atom. The molecule has 6 nitrogen and oxygen atoms in total. The molecule has 0 aliphatic rings. The fraction of sp³-hybridized carbons (Fsp3) is 0.368. The molecule has 25 heavy (non-hydrogen) atoms. The fourth-order valence-corrected chi connectivity index (χ4v) is 3.14. The molecule has 0 spiro atoms. The number of likely N-dealkylation sites (N-methyl/N-ethyl adjacent to an activating group) is 1. The number of anilines is 1. The molecule has 0 fully saturated rings. The Bertz CT molecular complexity index is 925. The van der Waals surface area contributed by atoms with Crippen LogP contribution >= 0.6 is 0 Å². The second kappa shape index (κ2) is 7.51. The first-order valence-corrected chi connectivity index (χ1v) is 8.57. The standard InChI is InChI=1S/C19H23N5O/c1-3-23(10-11-25)9-8-21-18-12-14(2)15(13-20)19-22-16-6-4-5-7-17(16)24(18)19/h4-7,12,21,25H,3,8-11H2,1-2H3. The SMILES string of the molecule is CCN(CCO)CCNc1cc(C)c(C#N)c2nc3ccccc3n12. The molecule has 0 unspecified atom stereocenters. The maximum absolute atomic E-state index is 9.52. The number of pyridine rings is 1. The smallest absolute Gasteiger partial charge is 0.157 e. The lowest BCUT2D eigenvalue weighted by Crippen LogP contribution is -2.31. The Morgan fingerprint density at radius 1 is 1.32 bits per heavy atom. The van der Waals surface area contributed by atoms with Gasteiger partial charge in [-0.15, -0.1) is 0 Å². The van der Waals surface area contributed by atoms with Crippen molar-refractivity contribution in [1.82, 2.24) is 14.3 Å². The summed E-state index contributed by atoms with van der Waals surface area (Å²) in [5.74, 6) is 0.931. The number of aryl methyl sites for hydroxylation is 1. The summed E-state index contributed by atoms with van der Waals surface area (Å²) in [6.45, 7) is 7.35. The summed E-state index contributed by atoms with van der Waals surface area (Å²) in [6, 6.07) is 12.2. The van der Waals surface area contributed by atoms with Crippen molar-refractivity contribution < 1.29 is 5.11 Å². The predicted octanol–water partition coefficient (Wildman–Crippen LogP) is 2.39. The highest BCUT2D eigenvalue weighted by Gasteiger charge is 2.14. The van der Waals surface area contributed by atoms with Gasteiger partial charge in [0.1, 0.15) is 11.9 Å². The monoisotopic (exact) mass is 337 g/mol. The van der Waals surface area contributed by atoms with Crippen molar-refractivity contribution in [1.29, 1.82) is 5.26 Å². The van der Waals surface area contributed by atoms with Crippen molar-refractivity contribution in [2.75, 3.05) is 38.1 Å². The third kappa shape index (κ3) is 3.29. The summed E-state index contributed by atoms with van der Waals surface area (Å²) < 4.78 is 2.02. The zero-order valence-corrected chi connectivity index (χ0v) is 14.7. The van der Waals surface area contributed by atoms with Crippen molar-refractivity contribution in [3.63, 3.8) is 0 Å². The second-order valence-corrected chi connectivity index (χ2v) is 6.04. The number of hydrogen-bond donors (Lipinski definition) is 2. The molecule has 0 saturated heterocycles. The van der Waals surface area contributed by atoms with E-state index in [-0.39, 0.29) is 6.61 Å². The minimum Gasteiger partial charge on any atom is -0.395 e. The van der Waals surface area contributed by atoms with Crippen LogP contribution in [-0.4, -0.2) is 52.2 Å². The molecule has 0 saturated carbocycles. The molecule has 1 aromatic carbocycles. The molecule has 2 N–H and O–H groups in total. The van der Waals surface area contributed by atoms with Gasteiger partial charge in [-0.1, -0.05) is 19.1 Å². The van der Waals surface area contributed by atoms with Crippen LogP contribution in [0.2, 0.25) is 0 Å². The lowest BCUT2D eigenvalue weighted by atomic mass is 10.1. The Balaban J connectivity index is 1.99. The highest BCUT2D eigenvalue weighted by Crippen LogP contribution is 2.26. The summed E-state index contributed by atoms with van der Waals surface area (Å²) in [5, 5.41) is 22.1. The van der Waals surface area contributed by atoms with E-state index in [2.05, 4.69) is 28.2 Å². The molecule has 0 aliphatic heterocycles. The predicted molar refractivity (Wildman–Crippen MR) is 99.8 cm³/mol. The van der Waals surface area contributed by atoms with E-state index in [0.29, 0.717) is 17.8 Å². The van der Waals surface area contributed by atoms with Crippen LogP contribution in [0.5, 0.6) is 0 Å². The van der Waals surface area contributed by atoms with Gasteiger partial charge in [0.2, 0.25) is 0 Å². The number of nitriles is 1. The van der Waals surface area contributed by atoms with E-state index in [1.807, 2.05) is 41.7 Å². The molecular weight excluding hydrogens is 314 g/mol. The van der Waals surface area contributed by atoms with E-state index in [9.17, 15) is 5.26 Å². The molecule has 0 aliphatic carbocycles. The van der Waals surface area contributed by atoms with Crippen molar-refractivity contribution in [3.8, 4) is 6.07 Å². The third-order valence-electron chi connectivity index (χ3n) is 4.48. The van der Waals surface area contributed by atoms with E-state index >= 15 is 0 Å². The number of fused-ring (bicyclic) bond motifs is 3. The number of nitrogens with zero attached hydrogens (tertiary/aromatic N) is 4. The molecule has 0 amide bonds. The Morgan fingerprint density at radius 3 is 2.84 bits per heavy atom. The van der Waals surface area contributed by atoms with E-state index in [1.54, 1.807) is 0 Å². The molecule has 3 aromatic rings. The van der Waals surface area contributed by atoms with Crippen LogP contribution in [0.3, 0.4) is 0 Å². The number of aromatic nitrogens is 2. The molecule has 0 radical (unpaired) electrons. The summed E-state index contributed by atoms with van der Waals surface area (Å²) >= 11 is 0. The van der Waals surface area contributed by atoms with E-state index < -0.39 is 0 Å². The molecule has 2 heterocycles. The first-order chi connectivity index (χ1) is 12.2. The number of aliphatic hydroxyl groups is 1. The minimum absolute atomic E-state index is 0.167. The molecule has 6 heteroatoms. The number of hydrogen-bond acceptors (Lipinski definition) is 5. The Labute approximate surface area is 147 Å². The van der Waals surface area contributed by atoms with Crippen LogP contribution in [0.25, 0.3) is 16.7 Å². The minimum atomic E-state index is 0.167. The van der Waals surface area contributed by atoms with Gasteiger partial charge in [-0.05, 0) is 37.2 Å². The number of rotatable bonds is 7. The van der Waals surface area contributed by atoms with Crippen LogP contribution in [0, 0.1) is 18.3 Å². The second-order valence-electron chi connectivity index (χ2n) is 6.04. The average molecular weight is 337 g/mol. The largest absolute Gasteiger partial charge is 0.395 e. The molecule has 0 bridgehead atoms. The van der Waals surface area contributed by atoms with Crippen LogP contribution in [0.15, 0.2) is 30.3 Å². The molecule has 130 valence electrons. The van der Waals surface area contributed by atoms with E-state index in [1.165, 1.54) is 0 Å². The number of para-hydroxylation sites is 2. The van der Waals surface area contributed by atoms with Gasteiger partial charge in [0.25, 0.3) is 0 Å². The zero-order valence-electron chi connectivity index (χ0n) is 14.7. The van der Waals surface area contributed by atoms with Gasteiger partial charge in [-0.2, -0.15) is 5.26 Å². The Hall–Kier alpha value is -2.62. The quantitative estimate of drug-likeness (QED) is 0.692. The van der Waals surface area contributed by atoms with Crippen molar-refractivity contribution in [2.24, 2.45) is 0 Å². The number of imidazole rings is 1. The zero-order chi connectivity index (χ0) is 17.8. The molecule has 2 aromatic heterocycles. The van der Waals surface area contributed by atoms with Crippen molar-refractivity contribution >= 4 is 22.5 Å². The average Bonchev–Trinajstić information content (AvgIpc) is 3.00. The molecular formula is C19H23N5O. The van der Waals surface area contributed by atoms with Gasteiger partial charge in [0.15, 0.2) is 5.65 Å². The van der Waals surface area contributed by atoms with Crippen molar-refractivity contribution in [2.45, 2.75) is 13.8 Å². The van der Waals surface area contributed by atoms with E-state index in [0.717, 1.165) is 42.0 Å². The number of nitrogens with one attached hydrogen (secondary N) is 1. The van der Waals surface area contributed by atoms with Crippen LogP contribution in [-0.2, 0) is 0 Å². The normalized spacial score (nSPS) is 11.3. The van der Waals surface area contributed by atoms with Gasteiger partial charge in [-0.3, -0.25) is 9.30 Å². The lowest BCUT2D eigenvalue weighted by Gasteiger charge is -2.20. The highest BCUT2D eigenvalue weighted by atomic mass is 16.3. The van der Waals surface area contributed by atoms with Crippen molar-refractivity contribution in [3.05, 3.63) is 41.5 Å². The number of benzene rings is 1. The van der Waals surface area contributed by atoms with Crippen LogP contribution in [0.4, 0.5) is 5.82 Å². The summed E-state index contributed by atoms with van der Waals surface area (Å²) in [4.78, 5) is 6.84.